The maximum absolute atomic E-state index is 10.0. The van der Waals surface area contributed by atoms with Gasteiger partial charge in [-0.3, -0.25) is 0 Å². The fourth-order valence-corrected chi connectivity index (χ4v) is 1.68. The smallest absolute Gasteiger partial charge is 0.0786 e. The molecule has 0 fully saturated rings. The Kier molecular flexibility index (Phi) is 4.26. The van der Waals surface area contributed by atoms with Crippen LogP contribution in [-0.2, 0) is 0 Å². The molecule has 0 unspecified atom stereocenters. The number of thioether (sulfide) groups is 1. The number of hydrogen-bond acceptors (Lipinski definition) is 3. The van der Waals surface area contributed by atoms with Gasteiger partial charge in [0, 0.05) is 10.6 Å². The Hall–Kier alpha value is -1.09. The van der Waals surface area contributed by atoms with Crippen molar-refractivity contribution in [2.24, 2.45) is 5.18 Å². The summed E-state index contributed by atoms with van der Waals surface area (Å²) >= 11 is 1.69. The van der Waals surface area contributed by atoms with Crippen molar-refractivity contribution in [3.8, 4) is 0 Å². The highest BCUT2D eigenvalue weighted by atomic mass is 32.2. The molecule has 0 amide bonds. The van der Waals surface area contributed by atoms with Gasteiger partial charge in [0.15, 0.2) is 0 Å². The van der Waals surface area contributed by atoms with Crippen molar-refractivity contribution in [2.75, 3.05) is 5.75 Å². The van der Waals surface area contributed by atoms with Gasteiger partial charge in [-0.05, 0) is 30.3 Å². The van der Waals surface area contributed by atoms with E-state index in [1.165, 1.54) is 4.90 Å². The lowest BCUT2D eigenvalue weighted by Crippen LogP contribution is -1.75. The third-order valence-electron chi connectivity index (χ3n) is 1.52. The minimum Gasteiger partial charge on any atom is -0.145 e. The van der Waals surface area contributed by atoms with E-state index in [-0.39, 0.29) is 0 Å². The van der Waals surface area contributed by atoms with Gasteiger partial charge in [-0.1, -0.05) is 18.2 Å². The first-order valence-corrected chi connectivity index (χ1v) is 4.99. The SMILES string of the molecule is CC(=CCSc1ccccc1)N=O. The average molecular weight is 193 g/mol. The molecule has 0 spiro atoms. The quantitative estimate of drug-likeness (QED) is 0.541. The van der Waals surface area contributed by atoms with E-state index in [2.05, 4.69) is 5.18 Å². The number of rotatable bonds is 4. The normalized spacial score (nSPS) is 11.3. The zero-order valence-corrected chi connectivity index (χ0v) is 8.25. The van der Waals surface area contributed by atoms with Crippen LogP contribution in [0.25, 0.3) is 0 Å². The van der Waals surface area contributed by atoms with Crippen LogP contribution in [0, 0.1) is 4.91 Å². The number of nitrogens with zero attached hydrogens (tertiary/aromatic N) is 1. The molecule has 13 heavy (non-hydrogen) atoms. The van der Waals surface area contributed by atoms with Crippen LogP contribution in [0.2, 0.25) is 0 Å². The Morgan fingerprint density at radius 1 is 1.46 bits per heavy atom. The Morgan fingerprint density at radius 3 is 2.77 bits per heavy atom. The molecule has 0 saturated heterocycles. The van der Waals surface area contributed by atoms with Crippen molar-refractivity contribution in [1.29, 1.82) is 0 Å². The Labute approximate surface area is 82.0 Å². The number of nitroso groups, excluding NO2 is 1. The minimum absolute atomic E-state index is 0.545. The molecule has 0 bridgehead atoms. The van der Waals surface area contributed by atoms with E-state index in [0.717, 1.165) is 5.75 Å². The van der Waals surface area contributed by atoms with Crippen molar-refractivity contribution in [3.63, 3.8) is 0 Å². The molecule has 3 heteroatoms. The zero-order chi connectivity index (χ0) is 9.52. The van der Waals surface area contributed by atoms with E-state index in [1.54, 1.807) is 18.7 Å². The van der Waals surface area contributed by atoms with Crippen molar-refractivity contribution in [1.82, 2.24) is 0 Å². The number of allylic oxidation sites excluding steroid dienone is 1. The summed E-state index contributed by atoms with van der Waals surface area (Å²) in [7, 11) is 0. The van der Waals surface area contributed by atoms with Gasteiger partial charge < -0.3 is 0 Å². The minimum atomic E-state index is 0.545. The average Bonchev–Trinajstić information content (AvgIpc) is 2.19. The van der Waals surface area contributed by atoms with Crippen LogP contribution in [0.5, 0.6) is 0 Å². The summed E-state index contributed by atoms with van der Waals surface area (Å²) in [5.41, 5.74) is 0.545. The van der Waals surface area contributed by atoms with Gasteiger partial charge in [-0.25, -0.2) is 0 Å². The van der Waals surface area contributed by atoms with Gasteiger partial charge in [0.1, 0.15) is 0 Å². The van der Waals surface area contributed by atoms with E-state index < -0.39 is 0 Å². The highest BCUT2D eigenvalue weighted by molar-refractivity contribution is 7.99. The first-order valence-electron chi connectivity index (χ1n) is 4.01. The Balaban J connectivity index is 2.40. The topological polar surface area (TPSA) is 29.4 Å². The monoisotopic (exact) mass is 193 g/mol. The first-order chi connectivity index (χ1) is 6.33. The predicted molar refractivity (Wildman–Crippen MR) is 56.7 cm³/mol. The van der Waals surface area contributed by atoms with Gasteiger partial charge in [-0.2, -0.15) is 0 Å². The highest BCUT2D eigenvalue weighted by Gasteiger charge is 1.90. The van der Waals surface area contributed by atoms with Crippen molar-refractivity contribution in [2.45, 2.75) is 11.8 Å². The van der Waals surface area contributed by atoms with Crippen LogP contribution < -0.4 is 0 Å². The Bertz CT molecular complexity index is 295. The van der Waals surface area contributed by atoms with E-state index in [4.69, 9.17) is 0 Å². The summed E-state index contributed by atoms with van der Waals surface area (Å²) in [4.78, 5) is 11.2. The van der Waals surface area contributed by atoms with Gasteiger partial charge in [0.05, 0.1) is 5.70 Å². The molecule has 0 atom stereocenters. The molecule has 0 aromatic heterocycles. The molecule has 1 aromatic carbocycles. The maximum atomic E-state index is 10.0. The number of benzene rings is 1. The molecule has 0 aliphatic rings. The fourth-order valence-electron chi connectivity index (χ4n) is 0.812. The summed E-state index contributed by atoms with van der Waals surface area (Å²) in [5, 5.41) is 2.82. The van der Waals surface area contributed by atoms with Crippen LogP contribution in [0.15, 0.2) is 52.2 Å². The van der Waals surface area contributed by atoms with Gasteiger partial charge in [0.25, 0.3) is 0 Å². The lowest BCUT2D eigenvalue weighted by atomic mass is 10.4. The van der Waals surface area contributed by atoms with Crippen molar-refractivity contribution in [3.05, 3.63) is 47.0 Å². The second-order valence-electron chi connectivity index (χ2n) is 2.56. The van der Waals surface area contributed by atoms with Crippen LogP contribution in [0.3, 0.4) is 0 Å². The second kappa shape index (κ2) is 5.54. The van der Waals surface area contributed by atoms with Crippen LogP contribution >= 0.6 is 11.8 Å². The molecule has 68 valence electrons. The zero-order valence-electron chi connectivity index (χ0n) is 7.43. The molecule has 0 aliphatic heterocycles. The lowest BCUT2D eigenvalue weighted by Gasteiger charge is -1.95. The fraction of sp³-hybridized carbons (Fsp3) is 0.200. The van der Waals surface area contributed by atoms with E-state index in [1.807, 2.05) is 36.4 Å². The maximum Gasteiger partial charge on any atom is 0.0786 e. The molecule has 1 aromatic rings. The van der Waals surface area contributed by atoms with Gasteiger partial charge in [-0.15, -0.1) is 16.7 Å². The first kappa shape index (κ1) is 9.99. The second-order valence-corrected chi connectivity index (χ2v) is 3.65. The molecule has 0 heterocycles. The predicted octanol–water partition coefficient (Wildman–Crippen LogP) is 3.45. The Morgan fingerprint density at radius 2 is 2.15 bits per heavy atom. The molecule has 0 saturated carbocycles. The summed E-state index contributed by atoms with van der Waals surface area (Å²) < 4.78 is 0. The molecular formula is C10H11NOS. The lowest BCUT2D eigenvalue weighted by molar-refractivity contribution is 1.27. The van der Waals surface area contributed by atoms with E-state index in [9.17, 15) is 4.91 Å². The summed E-state index contributed by atoms with van der Waals surface area (Å²) in [6.07, 6.45) is 1.82. The molecule has 2 nitrogen and oxygen atoms in total. The summed E-state index contributed by atoms with van der Waals surface area (Å²) in [6, 6.07) is 10.1. The summed E-state index contributed by atoms with van der Waals surface area (Å²) in [6.45, 7) is 1.71. The molecular weight excluding hydrogens is 182 g/mol. The van der Waals surface area contributed by atoms with Crippen LogP contribution in [0.1, 0.15) is 6.92 Å². The largest absolute Gasteiger partial charge is 0.145 e. The van der Waals surface area contributed by atoms with Crippen molar-refractivity contribution >= 4 is 11.8 Å². The van der Waals surface area contributed by atoms with Gasteiger partial charge in [0.2, 0.25) is 0 Å². The molecule has 0 radical (unpaired) electrons. The standard InChI is InChI=1S/C10H11NOS/c1-9(11-12)7-8-13-10-5-3-2-4-6-10/h2-7H,8H2,1H3. The third-order valence-corrected chi connectivity index (χ3v) is 2.45. The highest BCUT2D eigenvalue weighted by Crippen LogP contribution is 2.17. The van der Waals surface area contributed by atoms with Crippen LogP contribution in [-0.4, -0.2) is 5.75 Å². The van der Waals surface area contributed by atoms with Gasteiger partial charge >= 0.3 is 0 Å². The molecule has 0 N–H and O–H groups in total. The third kappa shape index (κ3) is 3.90. The van der Waals surface area contributed by atoms with E-state index in [0.29, 0.717) is 5.70 Å². The molecule has 0 aliphatic carbocycles. The van der Waals surface area contributed by atoms with Crippen LogP contribution in [0.4, 0.5) is 0 Å². The summed E-state index contributed by atoms with van der Waals surface area (Å²) in [5.74, 6) is 0.793. The number of hydrogen-bond donors (Lipinski definition) is 0. The van der Waals surface area contributed by atoms with E-state index >= 15 is 0 Å². The van der Waals surface area contributed by atoms with Crippen molar-refractivity contribution < 1.29 is 0 Å². The molecule has 1 rings (SSSR count).